The van der Waals surface area contributed by atoms with Crippen LogP contribution in [0, 0.1) is 23.6 Å². The number of nitrogens with zero attached hydrogens (tertiary/aromatic N) is 3. The molecule has 2 aliphatic heterocycles. The Morgan fingerprint density at radius 2 is 1.90 bits per heavy atom. The average molecular weight is 418 g/mol. The maximum Gasteiger partial charge on any atom is 0.258 e. The van der Waals surface area contributed by atoms with Gasteiger partial charge in [0.05, 0.1) is 5.69 Å². The minimum absolute atomic E-state index is 0.0658. The topological polar surface area (TPSA) is 26.8 Å². The van der Waals surface area contributed by atoms with Gasteiger partial charge < -0.3 is 14.7 Å². The Kier molecular flexibility index (Phi) is 5.19. The van der Waals surface area contributed by atoms with Crippen molar-refractivity contribution in [3.63, 3.8) is 0 Å². The number of halogens is 1. The van der Waals surface area contributed by atoms with Gasteiger partial charge in [-0.15, -0.1) is 0 Å². The van der Waals surface area contributed by atoms with Gasteiger partial charge in [-0.3, -0.25) is 4.79 Å². The highest BCUT2D eigenvalue weighted by atomic mass is 19.1. The standard InChI is InChI=1S/C26H28FN3O/c1-28(2)22-12-13-29(17-22)25-10-8-21(16-24(25)27)30-14-11-20-15-19(6-5-18-3-4-18)7-9-23(20)26(30)31/h7-10,15-16,18,22H,3-4,11-14,17H2,1-2H3/t22-/m1/s1. The lowest BCUT2D eigenvalue weighted by Crippen LogP contribution is -2.37. The van der Waals surface area contributed by atoms with E-state index in [9.17, 15) is 4.79 Å². The molecule has 5 heteroatoms. The number of amides is 1. The van der Waals surface area contributed by atoms with E-state index in [1.165, 1.54) is 18.9 Å². The van der Waals surface area contributed by atoms with Crippen LogP contribution in [0.25, 0.3) is 0 Å². The van der Waals surface area contributed by atoms with Crippen molar-refractivity contribution in [1.82, 2.24) is 4.90 Å². The molecule has 4 nitrogen and oxygen atoms in total. The van der Waals surface area contributed by atoms with Crippen LogP contribution in [-0.2, 0) is 6.42 Å². The van der Waals surface area contributed by atoms with E-state index in [1.54, 1.807) is 4.90 Å². The summed E-state index contributed by atoms with van der Waals surface area (Å²) < 4.78 is 15.0. The van der Waals surface area contributed by atoms with Gasteiger partial charge in [-0.25, -0.2) is 4.39 Å². The monoisotopic (exact) mass is 417 g/mol. The van der Waals surface area contributed by atoms with Crippen LogP contribution in [0.3, 0.4) is 0 Å². The van der Waals surface area contributed by atoms with Crippen molar-refractivity contribution in [2.45, 2.75) is 31.7 Å². The Balaban J connectivity index is 1.34. The highest BCUT2D eigenvalue weighted by Crippen LogP contribution is 2.31. The summed E-state index contributed by atoms with van der Waals surface area (Å²) >= 11 is 0. The number of anilines is 2. The minimum Gasteiger partial charge on any atom is -0.368 e. The van der Waals surface area contributed by atoms with Crippen LogP contribution in [0.1, 0.15) is 40.7 Å². The van der Waals surface area contributed by atoms with E-state index < -0.39 is 0 Å². The summed E-state index contributed by atoms with van der Waals surface area (Å²) in [6, 6.07) is 11.5. The van der Waals surface area contributed by atoms with E-state index in [2.05, 4.69) is 35.7 Å². The fraction of sp³-hybridized carbons (Fsp3) is 0.423. The SMILES string of the molecule is CN(C)[C@@H]1CCN(c2ccc(N3CCc4cc(C#CC5CC5)ccc4C3=O)cc2F)C1. The molecule has 0 radical (unpaired) electrons. The molecule has 0 bridgehead atoms. The first-order valence-electron chi connectivity index (χ1n) is 11.2. The first-order valence-corrected chi connectivity index (χ1v) is 11.2. The first kappa shape index (κ1) is 20.1. The Hall–Kier alpha value is -2.84. The number of carbonyl (C=O) groups excluding carboxylic acids is 1. The molecule has 1 saturated heterocycles. The van der Waals surface area contributed by atoms with E-state index in [4.69, 9.17) is 0 Å². The zero-order valence-electron chi connectivity index (χ0n) is 18.2. The van der Waals surface area contributed by atoms with Gasteiger partial charge >= 0.3 is 0 Å². The third-order valence-corrected chi connectivity index (χ3v) is 6.66. The number of fused-ring (bicyclic) bond motifs is 1. The molecule has 0 unspecified atom stereocenters. The summed E-state index contributed by atoms with van der Waals surface area (Å²) in [6.45, 7) is 2.23. The van der Waals surface area contributed by atoms with Crippen LogP contribution < -0.4 is 9.80 Å². The Bertz CT molecular complexity index is 1080. The molecule has 5 rings (SSSR count). The molecular weight excluding hydrogens is 389 g/mol. The molecule has 2 fully saturated rings. The van der Waals surface area contributed by atoms with Crippen molar-refractivity contribution >= 4 is 17.3 Å². The molecule has 2 aromatic carbocycles. The van der Waals surface area contributed by atoms with Gasteiger partial charge in [0.25, 0.3) is 5.91 Å². The summed E-state index contributed by atoms with van der Waals surface area (Å²) in [5.74, 6) is 6.74. The number of hydrogen-bond donors (Lipinski definition) is 0. The Morgan fingerprint density at radius 3 is 2.61 bits per heavy atom. The molecule has 31 heavy (non-hydrogen) atoms. The Morgan fingerprint density at radius 1 is 1.06 bits per heavy atom. The molecule has 0 aromatic heterocycles. The number of likely N-dealkylation sites (N-methyl/N-ethyl adjacent to an activating group) is 1. The van der Waals surface area contributed by atoms with Gasteiger partial charge in [0.1, 0.15) is 5.82 Å². The lowest BCUT2D eigenvalue weighted by atomic mass is 9.96. The van der Waals surface area contributed by atoms with Crippen LogP contribution in [0.5, 0.6) is 0 Å². The van der Waals surface area contributed by atoms with Gasteiger partial charge in [-0.2, -0.15) is 0 Å². The highest BCUT2D eigenvalue weighted by Gasteiger charge is 2.29. The molecule has 3 aliphatic rings. The van der Waals surface area contributed by atoms with Crippen molar-refractivity contribution in [1.29, 1.82) is 0 Å². The largest absolute Gasteiger partial charge is 0.368 e. The fourth-order valence-electron chi connectivity index (χ4n) is 4.53. The normalized spacial score (nSPS) is 20.6. The van der Waals surface area contributed by atoms with Crippen LogP contribution in [0.15, 0.2) is 36.4 Å². The second kappa shape index (κ2) is 8.01. The van der Waals surface area contributed by atoms with Crippen molar-refractivity contribution in [3.8, 4) is 11.8 Å². The molecule has 0 spiro atoms. The molecule has 0 N–H and O–H groups in total. The predicted octanol–water partition coefficient (Wildman–Crippen LogP) is 3.93. The summed E-state index contributed by atoms with van der Waals surface area (Å²) in [6.07, 6.45) is 4.19. The van der Waals surface area contributed by atoms with Crippen LogP contribution in [0.4, 0.5) is 15.8 Å². The Labute approximate surface area is 183 Å². The molecule has 2 aromatic rings. The van der Waals surface area contributed by atoms with Gasteiger partial charge in [-0.05, 0) is 81.7 Å². The van der Waals surface area contributed by atoms with Gasteiger partial charge in [0, 0.05) is 48.4 Å². The number of carbonyl (C=O) groups is 1. The summed E-state index contributed by atoms with van der Waals surface area (Å²) in [4.78, 5) is 19.1. The van der Waals surface area contributed by atoms with Crippen LogP contribution >= 0.6 is 0 Å². The second-order valence-electron chi connectivity index (χ2n) is 9.11. The lowest BCUT2D eigenvalue weighted by molar-refractivity contribution is 0.0980. The molecule has 2 heterocycles. The van der Waals surface area contributed by atoms with E-state index in [-0.39, 0.29) is 11.7 Å². The van der Waals surface area contributed by atoms with Gasteiger partial charge in [-0.1, -0.05) is 11.8 Å². The van der Waals surface area contributed by atoms with E-state index >= 15 is 4.39 Å². The molecule has 1 amide bonds. The highest BCUT2D eigenvalue weighted by molar-refractivity contribution is 6.08. The zero-order chi connectivity index (χ0) is 21.5. The van der Waals surface area contributed by atoms with Crippen molar-refractivity contribution in [2.24, 2.45) is 5.92 Å². The predicted molar refractivity (Wildman–Crippen MR) is 122 cm³/mol. The maximum atomic E-state index is 15.0. The first-order chi connectivity index (χ1) is 15.0. The van der Waals surface area contributed by atoms with E-state index in [1.807, 2.05) is 30.3 Å². The van der Waals surface area contributed by atoms with E-state index in [0.29, 0.717) is 35.4 Å². The second-order valence-corrected chi connectivity index (χ2v) is 9.11. The van der Waals surface area contributed by atoms with Gasteiger partial charge in [0.2, 0.25) is 0 Å². The van der Waals surface area contributed by atoms with Crippen LogP contribution in [-0.4, -0.2) is 50.6 Å². The van der Waals surface area contributed by atoms with Crippen molar-refractivity contribution in [2.75, 3.05) is 43.5 Å². The summed E-state index contributed by atoms with van der Waals surface area (Å²) in [5.41, 5.74) is 3.95. The van der Waals surface area contributed by atoms with E-state index in [0.717, 1.165) is 37.1 Å². The quantitative estimate of drug-likeness (QED) is 0.708. The molecule has 1 aliphatic carbocycles. The lowest BCUT2D eigenvalue weighted by Gasteiger charge is -2.29. The summed E-state index contributed by atoms with van der Waals surface area (Å²) in [5, 5.41) is 0. The number of hydrogen-bond acceptors (Lipinski definition) is 3. The number of benzene rings is 2. The van der Waals surface area contributed by atoms with Gasteiger partial charge in [0.15, 0.2) is 0 Å². The average Bonchev–Trinajstić information content (AvgIpc) is 3.46. The third kappa shape index (κ3) is 4.05. The van der Waals surface area contributed by atoms with Crippen molar-refractivity contribution < 1.29 is 9.18 Å². The zero-order valence-corrected chi connectivity index (χ0v) is 18.2. The molecule has 1 atom stereocenters. The minimum atomic E-state index is -0.263. The molecule has 160 valence electrons. The molecular formula is C26H28FN3O. The molecule has 1 saturated carbocycles. The van der Waals surface area contributed by atoms with Crippen LogP contribution in [0.2, 0.25) is 0 Å². The summed E-state index contributed by atoms with van der Waals surface area (Å²) in [7, 11) is 4.13. The maximum absolute atomic E-state index is 15.0. The third-order valence-electron chi connectivity index (χ3n) is 6.66. The van der Waals surface area contributed by atoms with Crippen molar-refractivity contribution in [3.05, 3.63) is 58.9 Å². The smallest absolute Gasteiger partial charge is 0.258 e. The number of rotatable bonds is 3. The fourth-order valence-corrected chi connectivity index (χ4v) is 4.53.